The van der Waals surface area contributed by atoms with E-state index in [0.717, 1.165) is 19.5 Å². The third-order valence-corrected chi connectivity index (χ3v) is 4.01. The first-order chi connectivity index (χ1) is 10.2. The van der Waals surface area contributed by atoms with E-state index in [2.05, 4.69) is 41.7 Å². The lowest BCUT2D eigenvalue weighted by Crippen LogP contribution is -2.54. The van der Waals surface area contributed by atoms with Crippen LogP contribution in [0.1, 0.15) is 5.56 Å². The molecule has 21 heavy (non-hydrogen) atoms. The van der Waals surface area contributed by atoms with E-state index in [9.17, 15) is 4.79 Å². The summed E-state index contributed by atoms with van der Waals surface area (Å²) in [7, 11) is 1.87. The maximum absolute atomic E-state index is 12.1. The van der Waals surface area contributed by atoms with Gasteiger partial charge in [-0.25, -0.2) is 0 Å². The molecule has 1 heterocycles. The van der Waals surface area contributed by atoms with Crippen molar-refractivity contribution in [1.82, 2.24) is 10.2 Å². The Labute approximate surface area is 125 Å². The van der Waals surface area contributed by atoms with Gasteiger partial charge in [-0.2, -0.15) is 0 Å². The number of hydrogen-bond donors (Lipinski definition) is 1. The molecule has 108 valence electrons. The molecular formula is C18H20N2O. The molecule has 1 aliphatic rings. The Morgan fingerprint density at radius 3 is 2.43 bits per heavy atom. The first-order valence-electron chi connectivity index (χ1n) is 7.37. The number of nitrogens with zero attached hydrogens (tertiary/aromatic N) is 1. The van der Waals surface area contributed by atoms with Crippen LogP contribution >= 0.6 is 0 Å². The predicted octanol–water partition coefficient (Wildman–Crippen LogP) is 2.33. The van der Waals surface area contributed by atoms with Crippen LogP contribution in [0.5, 0.6) is 0 Å². The molecule has 1 atom stereocenters. The van der Waals surface area contributed by atoms with Gasteiger partial charge in [0.1, 0.15) is 0 Å². The van der Waals surface area contributed by atoms with Crippen LogP contribution in [0.4, 0.5) is 0 Å². The fourth-order valence-corrected chi connectivity index (χ4v) is 2.73. The van der Waals surface area contributed by atoms with E-state index in [1.165, 1.54) is 16.7 Å². The van der Waals surface area contributed by atoms with Crippen molar-refractivity contribution >= 4 is 5.91 Å². The van der Waals surface area contributed by atoms with E-state index < -0.39 is 0 Å². The number of benzene rings is 2. The van der Waals surface area contributed by atoms with Gasteiger partial charge < -0.3 is 10.2 Å². The van der Waals surface area contributed by atoms with Crippen LogP contribution in [0.2, 0.25) is 0 Å². The SMILES string of the molecule is CN1CCN[C@@H](Cc2ccc(-c3ccccc3)cc2)C1=O. The summed E-state index contributed by atoms with van der Waals surface area (Å²) < 4.78 is 0. The minimum Gasteiger partial charge on any atom is -0.343 e. The van der Waals surface area contributed by atoms with E-state index >= 15 is 0 Å². The Balaban J connectivity index is 1.71. The molecular weight excluding hydrogens is 260 g/mol. The van der Waals surface area contributed by atoms with Gasteiger partial charge in [0.2, 0.25) is 5.91 Å². The van der Waals surface area contributed by atoms with Crippen LogP contribution in [-0.2, 0) is 11.2 Å². The average Bonchev–Trinajstić information content (AvgIpc) is 2.53. The number of amides is 1. The standard InChI is InChI=1S/C18H20N2O/c1-20-12-11-19-17(18(20)21)13-14-7-9-16(10-8-14)15-5-3-2-4-6-15/h2-10,17,19H,11-13H2,1H3/t17-/m0/s1. The summed E-state index contributed by atoms with van der Waals surface area (Å²) in [5.74, 6) is 0.188. The number of carbonyl (C=O) groups excluding carboxylic acids is 1. The third-order valence-electron chi connectivity index (χ3n) is 4.01. The maximum Gasteiger partial charge on any atom is 0.239 e. The van der Waals surface area contributed by atoms with Crippen LogP contribution in [-0.4, -0.2) is 37.0 Å². The number of piperazine rings is 1. The minimum absolute atomic E-state index is 0.0914. The predicted molar refractivity (Wildman–Crippen MR) is 85.0 cm³/mol. The molecule has 3 heteroatoms. The second kappa shape index (κ2) is 6.10. The fraction of sp³-hybridized carbons (Fsp3) is 0.278. The molecule has 0 saturated carbocycles. The van der Waals surface area contributed by atoms with Crippen molar-refractivity contribution in [3.8, 4) is 11.1 Å². The molecule has 0 bridgehead atoms. The Kier molecular flexibility index (Phi) is 4.02. The van der Waals surface area contributed by atoms with Gasteiger partial charge in [-0.3, -0.25) is 4.79 Å². The number of nitrogens with one attached hydrogen (secondary N) is 1. The molecule has 3 nitrogen and oxygen atoms in total. The highest BCUT2D eigenvalue weighted by Crippen LogP contribution is 2.20. The highest BCUT2D eigenvalue weighted by molar-refractivity contribution is 5.82. The molecule has 1 saturated heterocycles. The summed E-state index contributed by atoms with van der Waals surface area (Å²) >= 11 is 0. The molecule has 0 aromatic heterocycles. The molecule has 0 aliphatic carbocycles. The van der Waals surface area contributed by atoms with Crippen LogP contribution in [0, 0.1) is 0 Å². The number of carbonyl (C=O) groups is 1. The zero-order valence-corrected chi connectivity index (χ0v) is 12.3. The first-order valence-corrected chi connectivity index (χ1v) is 7.37. The molecule has 1 fully saturated rings. The molecule has 0 unspecified atom stereocenters. The van der Waals surface area contributed by atoms with Gasteiger partial charge in [-0.1, -0.05) is 54.6 Å². The van der Waals surface area contributed by atoms with Crippen molar-refractivity contribution in [2.75, 3.05) is 20.1 Å². The van der Waals surface area contributed by atoms with Gasteiger partial charge >= 0.3 is 0 Å². The Morgan fingerprint density at radius 1 is 1.05 bits per heavy atom. The van der Waals surface area contributed by atoms with E-state index in [1.807, 2.05) is 25.2 Å². The van der Waals surface area contributed by atoms with Crippen molar-refractivity contribution in [3.05, 3.63) is 60.2 Å². The normalized spacial score (nSPS) is 18.8. The lowest BCUT2D eigenvalue weighted by molar-refractivity contribution is -0.134. The number of hydrogen-bond acceptors (Lipinski definition) is 2. The number of likely N-dealkylation sites (N-methyl/N-ethyl adjacent to an activating group) is 1. The van der Waals surface area contributed by atoms with E-state index in [0.29, 0.717) is 0 Å². The van der Waals surface area contributed by atoms with E-state index in [4.69, 9.17) is 0 Å². The third kappa shape index (κ3) is 3.14. The lowest BCUT2D eigenvalue weighted by Gasteiger charge is -2.30. The van der Waals surface area contributed by atoms with Crippen molar-refractivity contribution in [2.45, 2.75) is 12.5 Å². The molecule has 1 amide bonds. The summed E-state index contributed by atoms with van der Waals surface area (Å²) in [6.45, 7) is 1.66. The zero-order valence-electron chi connectivity index (χ0n) is 12.3. The van der Waals surface area contributed by atoms with Gasteiger partial charge in [0.25, 0.3) is 0 Å². The van der Waals surface area contributed by atoms with Crippen molar-refractivity contribution in [3.63, 3.8) is 0 Å². The molecule has 1 aliphatic heterocycles. The van der Waals surface area contributed by atoms with Gasteiger partial charge in [-0.15, -0.1) is 0 Å². The quantitative estimate of drug-likeness (QED) is 0.936. The topological polar surface area (TPSA) is 32.3 Å². The summed E-state index contributed by atoms with van der Waals surface area (Å²) in [5, 5.41) is 3.30. The molecule has 3 rings (SSSR count). The summed E-state index contributed by atoms with van der Waals surface area (Å²) in [4.78, 5) is 13.9. The molecule has 1 N–H and O–H groups in total. The molecule has 0 spiro atoms. The van der Waals surface area contributed by atoms with Gasteiger partial charge in [0.15, 0.2) is 0 Å². The van der Waals surface area contributed by atoms with Crippen molar-refractivity contribution < 1.29 is 4.79 Å². The second-order valence-corrected chi connectivity index (χ2v) is 5.53. The van der Waals surface area contributed by atoms with Crippen LogP contribution < -0.4 is 5.32 Å². The lowest BCUT2D eigenvalue weighted by atomic mass is 9.99. The monoisotopic (exact) mass is 280 g/mol. The minimum atomic E-state index is -0.0914. The average molecular weight is 280 g/mol. The summed E-state index contributed by atoms with van der Waals surface area (Å²) in [6.07, 6.45) is 0.748. The van der Waals surface area contributed by atoms with E-state index in [-0.39, 0.29) is 11.9 Å². The summed E-state index contributed by atoms with van der Waals surface area (Å²) in [6, 6.07) is 18.7. The highest BCUT2D eigenvalue weighted by Gasteiger charge is 2.25. The Bertz CT molecular complexity index is 607. The van der Waals surface area contributed by atoms with Crippen molar-refractivity contribution in [2.24, 2.45) is 0 Å². The summed E-state index contributed by atoms with van der Waals surface area (Å²) in [5.41, 5.74) is 3.62. The largest absolute Gasteiger partial charge is 0.343 e. The van der Waals surface area contributed by atoms with Gasteiger partial charge in [0.05, 0.1) is 6.04 Å². The Hall–Kier alpha value is -2.13. The maximum atomic E-state index is 12.1. The zero-order chi connectivity index (χ0) is 14.7. The second-order valence-electron chi connectivity index (χ2n) is 5.53. The first kappa shape index (κ1) is 13.8. The molecule has 0 radical (unpaired) electrons. The van der Waals surface area contributed by atoms with Crippen molar-refractivity contribution in [1.29, 1.82) is 0 Å². The Morgan fingerprint density at radius 2 is 1.71 bits per heavy atom. The van der Waals surface area contributed by atoms with Crippen LogP contribution in [0.3, 0.4) is 0 Å². The number of rotatable bonds is 3. The smallest absolute Gasteiger partial charge is 0.239 e. The molecule has 2 aromatic carbocycles. The highest BCUT2D eigenvalue weighted by atomic mass is 16.2. The van der Waals surface area contributed by atoms with E-state index in [1.54, 1.807) is 4.90 Å². The molecule has 2 aromatic rings. The van der Waals surface area contributed by atoms with Crippen LogP contribution in [0.25, 0.3) is 11.1 Å². The van der Waals surface area contributed by atoms with Gasteiger partial charge in [0, 0.05) is 20.1 Å². The van der Waals surface area contributed by atoms with Crippen LogP contribution in [0.15, 0.2) is 54.6 Å². The fourth-order valence-electron chi connectivity index (χ4n) is 2.73. The van der Waals surface area contributed by atoms with Gasteiger partial charge in [-0.05, 0) is 23.1 Å².